The second-order valence-corrected chi connectivity index (χ2v) is 6.89. The maximum absolute atomic E-state index is 4.36. The average Bonchev–Trinajstić information content (AvgIpc) is 2.55. The first kappa shape index (κ1) is 9.93. The van der Waals surface area contributed by atoms with Gasteiger partial charge in [0, 0.05) is 0 Å². The van der Waals surface area contributed by atoms with E-state index in [1.54, 1.807) is 5.57 Å². The van der Waals surface area contributed by atoms with Crippen LogP contribution in [0.2, 0.25) is 0 Å². The van der Waals surface area contributed by atoms with E-state index in [1.807, 2.05) is 0 Å². The molecule has 3 saturated carbocycles. The largest absolute Gasteiger partial charge is 0.0996 e. The third-order valence-corrected chi connectivity index (χ3v) is 5.92. The quantitative estimate of drug-likeness (QED) is 0.517. The minimum Gasteiger partial charge on any atom is -0.0996 e. The van der Waals surface area contributed by atoms with E-state index < -0.39 is 0 Å². The Bertz CT molecular complexity index is 299. The third-order valence-electron chi connectivity index (χ3n) is 5.92. The molecule has 0 aromatic carbocycles. The van der Waals surface area contributed by atoms with Gasteiger partial charge < -0.3 is 0 Å². The zero-order valence-electron chi connectivity index (χ0n) is 10.4. The molecule has 0 spiro atoms. The maximum Gasteiger partial charge on any atom is -0.0139 e. The van der Waals surface area contributed by atoms with Gasteiger partial charge in [-0.1, -0.05) is 39.3 Å². The van der Waals surface area contributed by atoms with E-state index in [4.69, 9.17) is 0 Å². The second kappa shape index (κ2) is 2.90. The molecule has 3 aliphatic rings. The van der Waals surface area contributed by atoms with Gasteiger partial charge >= 0.3 is 0 Å². The van der Waals surface area contributed by atoms with Gasteiger partial charge in [0.1, 0.15) is 0 Å². The molecule has 0 heteroatoms. The van der Waals surface area contributed by atoms with E-state index in [-0.39, 0.29) is 0 Å². The minimum absolute atomic E-state index is 0.635. The summed E-state index contributed by atoms with van der Waals surface area (Å²) in [5.41, 5.74) is 2.23. The molecule has 0 aromatic rings. The van der Waals surface area contributed by atoms with Gasteiger partial charge in [-0.2, -0.15) is 0 Å². The normalized spacial score (nSPS) is 51.9. The molecular formula is C15H24. The molecular weight excluding hydrogens is 180 g/mol. The molecule has 5 atom stereocenters. The lowest BCUT2D eigenvalue weighted by Gasteiger charge is -2.26. The van der Waals surface area contributed by atoms with Crippen molar-refractivity contribution in [1.82, 2.24) is 0 Å². The zero-order chi connectivity index (χ0) is 10.8. The summed E-state index contributed by atoms with van der Waals surface area (Å²) in [5.74, 6) is 4.84. The molecule has 5 unspecified atom stereocenters. The van der Waals surface area contributed by atoms with Crippen LogP contribution in [0.15, 0.2) is 12.2 Å². The molecule has 0 N–H and O–H groups in total. The first-order valence-electron chi connectivity index (χ1n) is 6.71. The van der Waals surface area contributed by atoms with Crippen molar-refractivity contribution in [3.05, 3.63) is 12.2 Å². The Labute approximate surface area is 94.1 Å². The van der Waals surface area contributed by atoms with Crippen molar-refractivity contribution in [3.63, 3.8) is 0 Å². The van der Waals surface area contributed by atoms with Crippen LogP contribution in [0, 0.1) is 35.0 Å². The summed E-state index contributed by atoms with van der Waals surface area (Å²) in [7, 11) is 0. The molecule has 0 bridgehead atoms. The van der Waals surface area contributed by atoms with Crippen molar-refractivity contribution in [2.75, 3.05) is 0 Å². The van der Waals surface area contributed by atoms with Gasteiger partial charge in [-0.15, -0.1) is 0 Å². The van der Waals surface area contributed by atoms with Gasteiger partial charge in [0.25, 0.3) is 0 Å². The third kappa shape index (κ3) is 1.20. The van der Waals surface area contributed by atoms with Gasteiger partial charge in [-0.25, -0.2) is 0 Å². The number of hydrogen-bond donors (Lipinski definition) is 0. The van der Waals surface area contributed by atoms with Crippen LogP contribution in [0.4, 0.5) is 0 Å². The van der Waals surface area contributed by atoms with Crippen molar-refractivity contribution in [1.29, 1.82) is 0 Å². The molecule has 3 aliphatic carbocycles. The summed E-state index contributed by atoms with van der Waals surface area (Å²) in [6.45, 7) is 11.8. The number of rotatable bonds is 0. The Morgan fingerprint density at radius 2 is 1.93 bits per heavy atom. The predicted octanol–water partition coefficient (Wildman–Crippen LogP) is 4.27. The van der Waals surface area contributed by atoms with Gasteiger partial charge in [0.15, 0.2) is 0 Å². The lowest BCUT2D eigenvalue weighted by atomic mass is 9.79. The van der Waals surface area contributed by atoms with Gasteiger partial charge in [0.2, 0.25) is 0 Å². The highest BCUT2D eigenvalue weighted by atomic mass is 14.7. The fraction of sp³-hybridized carbons (Fsp3) is 0.867. The Balaban J connectivity index is 1.93. The molecule has 84 valence electrons. The van der Waals surface area contributed by atoms with Crippen molar-refractivity contribution in [2.45, 2.75) is 46.5 Å². The smallest absolute Gasteiger partial charge is 0.0139 e. The Morgan fingerprint density at radius 1 is 1.20 bits per heavy atom. The summed E-state index contributed by atoms with van der Waals surface area (Å²) in [5, 5.41) is 0. The highest BCUT2D eigenvalue weighted by molar-refractivity contribution is 5.22. The topological polar surface area (TPSA) is 0 Å². The monoisotopic (exact) mass is 204 g/mol. The standard InChI is InChI=1S/C15H24/c1-9-6-8-12-14(15(12,3)4)13-10(2)5-7-11(9)13/h9,11-14H,2,5-8H2,1,3-4H3. The average molecular weight is 204 g/mol. The van der Waals surface area contributed by atoms with Gasteiger partial charge in [-0.3, -0.25) is 0 Å². The maximum atomic E-state index is 4.36. The Morgan fingerprint density at radius 3 is 2.67 bits per heavy atom. The Hall–Kier alpha value is -0.260. The molecule has 0 saturated heterocycles. The SMILES string of the molecule is C=C1CCC2C(C)CCC3C(C12)C3(C)C. The van der Waals surface area contributed by atoms with Crippen molar-refractivity contribution < 1.29 is 0 Å². The molecule has 0 nitrogen and oxygen atoms in total. The molecule has 0 radical (unpaired) electrons. The van der Waals surface area contributed by atoms with E-state index in [0.717, 1.165) is 29.6 Å². The van der Waals surface area contributed by atoms with Crippen LogP contribution in [0.5, 0.6) is 0 Å². The summed E-state index contributed by atoms with van der Waals surface area (Å²) in [6, 6.07) is 0. The fourth-order valence-corrected chi connectivity index (χ4v) is 4.87. The van der Waals surface area contributed by atoms with E-state index in [1.165, 1.54) is 25.7 Å². The van der Waals surface area contributed by atoms with E-state index in [2.05, 4.69) is 27.4 Å². The van der Waals surface area contributed by atoms with Crippen LogP contribution in [0.1, 0.15) is 46.5 Å². The van der Waals surface area contributed by atoms with Crippen LogP contribution in [-0.4, -0.2) is 0 Å². The first-order valence-corrected chi connectivity index (χ1v) is 6.71. The van der Waals surface area contributed by atoms with Gasteiger partial charge in [-0.05, 0) is 54.3 Å². The minimum atomic E-state index is 0.635. The first-order chi connectivity index (χ1) is 7.03. The van der Waals surface area contributed by atoms with Crippen LogP contribution in [0.3, 0.4) is 0 Å². The lowest BCUT2D eigenvalue weighted by molar-refractivity contribution is 0.252. The molecule has 3 fully saturated rings. The molecule has 0 aromatic heterocycles. The number of fused-ring (bicyclic) bond motifs is 3. The molecule has 0 aliphatic heterocycles. The summed E-state index contributed by atoms with van der Waals surface area (Å²) in [4.78, 5) is 0. The number of allylic oxidation sites excluding steroid dienone is 1. The summed E-state index contributed by atoms with van der Waals surface area (Å²) < 4.78 is 0. The molecule has 15 heavy (non-hydrogen) atoms. The van der Waals surface area contributed by atoms with Crippen LogP contribution in [0.25, 0.3) is 0 Å². The highest BCUT2D eigenvalue weighted by Gasteiger charge is 2.64. The predicted molar refractivity (Wildman–Crippen MR) is 64.5 cm³/mol. The summed E-state index contributed by atoms with van der Waals surface area (Å²) in [6.07, 6.45) is 5.71. The van der Waals surface area contributed by atoms with E-state index >= 15 is 0 Å². The van der Waals surface area contributed by atoms with E-state index in [0.29, 0.717) is 5.41 Å². The van der Waals surface area contributed by atoms with E-state index in [9.17, 15) is 0 Å². The second-order valence-electron chi connectivity index (χ2n) is 6.89. The molecule has 0 heterocycles. The molecule has 3 rings (SSSR count). The van der Waals surface area contributed by atoms with Crippen molar-refractivity contribution in [3.8, 4) is 0 Å². The molecule has 0 amide bonds. The van der Waals surface area contributed by atoms with Crippen molar-refractivity contribution in [2.24, 2.45) is 35.0 Å². The number of hydrogen-bond acceptors (Lipinski definition) is 0. The summed E-state index contributed by atoms with van der Waals surface area (Å²) >= 11 is 0. The Kier molecular flexibility index (Phi) is 1.92. The lowest BCUT2D eigenvalue weighted by Crippen LogP contribution is -2.19. The van der Waals surface area contributed by atoms with Crippen LogP contribution >= 0.6 is 0 Å². The van der Waals surface area contributed by atoms with Gasteiger partial charge in [0.05, 0.1) is 0 Å². The zero-order valence-corrected chi connectivity index (χ0v) is 10.4. The van der Waals surface area contributed by atoms with Crippen LogP contribution in [-0.2, 0) is 0 Å². The highest BCUT2D eigenvalue weighted by Crippen LogP contribution is 2.70. The fourth-order valence-electron chi connectivity index (χ4n) is 4.87. The van der Waals surface area contributed by atoms with Crippen LogP contribution < -0.4 is 0 Å². The van der Waals surface area contributed by atoms with Crippen molar-refractivity contribution >= 4 is 0 Å².